The first kappa shape index (κ1) is 44.7. The summed E-state index contributed by atoms with van der Waals surface area (Å²) in [5.41, 5.74) is 12.2. The van der Waals surface area contributed by atoms with E-state index in [1.54, 1.807) is 68.6 Å². The maximum Gasteiger partial charge on any atom is 0.437 e. The topological polar surface area (TPSA) is 166 Å². The number of nitrogens with zero attached hydrogens (tertiary/aromatic N) is 6. The molecule has 1 amide bonds. The van der Waals surface area contributed by atoms with Crippen molar-refractivity contribution in [1.82, 2.24) is 19.7 Å². The van der Waals surface area contributed by atoms with Gasteiger partial charge in [-0.15, -0.1) is 4.68 Å². The number of thioether (sulfide) groups is 1. The fraction of sp³-hybridized carbons (Fsp3) is 0.280. The van der Waals surface area contributed by atoms with E-state index in [1.165, 1.54) is 21.8 Å². The third kappa shape index (κ3) is 9.36. The summed E-state index contributed by atoms with van der Waals surface area (Å²) in [6.45, 7) is 10.7. The fourth-order valence-corrected chi connectivity index (χ4v) is 10.1. The molecule has 2 aliphatic heterocycles. The fourth-order valence-electron chi connectivity index (χ4n) is 7.83. The Labute approximate surface area is 386 Å². The minimum atomic E-state index is -0.777. The average Bonchev–Trinajstić information content (AvgIpc) is 3.91. The first-order chi connectivity index (χ1) is 31.3. The second-order valence-electron chi connectivity index (χ2n) is 16.7. The van der Waals surface area contributed by atoms with Crippen LogP contribution in [0.5, 0.6) is 5.75 Å². The Morgan fingerprint density at radius 2 is 1.71 bits per heavy atom. The van der Waals surface area contributed by atoms with E-state index in [1.807, 2.05) is 55.6 Å². The molecule has 0 saturated carbocycles. The molecule has 4 aromatic carbocycles. The van der Waals surface area contributed by atoms with Gasteiger partial charge in [-0.3, -0.25) is 4.79 Å². The standard InChI is InChI=1S/C50H49N7O6S2/c1-7-31-26-41(64-40-15-10-9-13-36(31)40)55(6)46(58)37-14-11-12-32-24-25-56(28-39(32)37)48-53-43(47(59)61-8-2)44(65-48)34-18-16-30(17-19-34)29-62-35-22-20-33(21-23-35)42-38(27-51)45(52)57(54-42)49(60)63-50(3,4)5/h9-23,26,31H,7-8,24-25,28-29,52H2,1-6H3. The molecule has 0 radical (unpaired) electrons. The van der Waals surface area contributed by atoms with Gasteiger partial charge in [-0.05, 0) is 111 Å². The number of hydrogen-bond donors (Lipinski definition) is 1. The van der Waals surface area contributed by atoms with E-state index in [2.05, 4.69) is 47.3 Å². The number of allylic oxidation sites excluding steroid dienone is 1. The van der Waals surface area contributed by atoms with Crippen LogP contribution in [0, 0.1) is 11.3 Å². The number of nitriles is 1. The summed E-state index contributed by atoms with van der Waals surface area (Å²) in [5.74, 6) is 0.154. The van der Waals surface area contributed by atoms with Crippen molar-refractivity contribution in [2.24, 2.45) is 0 Å². The van der Waals surface area contributed by atoms with Gasteiger partial charge in [0.25, 0.3) is 5.91 Å². The van der Waals surface area contributed by atoms with Gasteiger partial charge in [0.05, 0.1) is 16.5 Å². The monoisotopic (exact) mass is 907 g/mol. The van der Waals surface area contributed by atoms with Gasteiger partial charge in [0.1, 0.15) is 35.3 Å². The second-order valence-corrected chi connectivity index (χ2v) is 18.7. The third-order valence-corrected chi connectivity index (χ3v) is 13.5. The first-order valence-electron chi connectivity index (χ1n) is 21.4. The van der Waals surface area contributed by atoms with E-state index in [4.69, 9.17) is 24.9 Å². The van der Waals surface area contributed by atoms with E-state index in [0.29, 0.717) is 40.0 Å². The molecule has 332 valence electrons. The van der Waals surface area contributed by atoms with Gasteiger partial charge in [-0.25, -0.2) is 14.6 Å². The second kappa shape index (κ2) is 18.7. The molecule has 13 nitrogen and oxygen atoms in total. The summed E-state index contributed by atoms with van der Waals surface area (Å²) in [6, 6.07) is 31.2. The summed E-state index contributed by atoms with van der Waals surface area (Å²) < 4.78 is 17.9. The van der Waals surface area contributed by atoms with Gasteiger partial charge in [-0.1, -0.05) is 84.6 Å². The molecular weight excluding hydrogens is 859 g/mol. The SMILES string of the molecule is CCOC(=O)c1nc(N2CCc3cccc(C(=O)N(C)C4=CC(CC)c5ccccc5S4)c3C2)sc1-c1ccc(COc2ccc(-c3nn(C(=O)OC(C)(C)C)c(N)c3C#N)cc2)cc1. The van der Waals surface area contributed by atoms with E-state index in [0.717, 1.165) is 44.8 Å². The van der Waals surface area contributed by atoms with Gasteiger partial charge in [-0.2, -0.15) is 10.4 Å². The van der Waals surface area contributed by atoms with Crippen molar-refractivity contribution in [2.75, 3.05) is 30.8 Å². The highest BCUT2D eigenvalue weighted by Crippen LogP contribution is 2.44. The molecule has 0 spiro atoms. The van der Waals surface area contributed by atoms with Gasteiger partial charge in [0, 0.05) is 42.1 Å². The molecule has 0 aliphatic carbocycles. The van der Waals surface area contributed by atoms with Crippen molar-refractivity contribution in [3.05, 3.63) is 141 Å². The van der Waals surface area contributed by atoms with E-state index < -0.39 is 17.7 Å². The van der Waals surface area contributed by atoms with Crippen molar-refractivity contribution in [2.45, 2.75) is 77.0 Å². The Bertz CT molecular complexity index is 2850. The van der Waals surface area contributed by atoms with E-state index in [9.17, 15) is 19.6 Å². The van der Waals surface area contributed by atoms with Crippen LogP contribution in [0.2, 0.25) is 0 Å². The maximum atomic E-state index is 14.3. The largest absolute Gasteiger partial charge is 0.489 e. The highest BCUT2D eigenvalue weighted by Gasteiger charge is 2.31. The smallest absolute Gasteiger partial charge is 0.437 e. The Morgan fingerprint density at radius 1 is 0.969 bits per heavy atom. The summed E-state index contributed by atoms with van der Waals surface area (Å²) in [7, 11) is 1.86. The van der Waals surface area contributed by atoms with Crippen molar-refractivity contribution in [1.29, 1.82) is 5.26 Å². The summed E-state index contributed by atoms with van der Waals surface area (Å²) in [6.07, 6.45) is 3.09. The van der Waals surface area contributed by atoms with Crippen LogP contribution in [-0.4, -0.2) is 63.4 Å². The lowest BCUT2D eigenvalue weighted by molar-refractivity contribution is 0.0510. The third-order valence-electron chi connectivity index (χ3n) is 11.2. The van der Waals surface area contributed by atoms with Gasteiger partial charge in [0.15, 0.2) is 16.6 Å². The number of anilines is 2. The molecule has 1 atom stereocenters. The summed E-state index contributed by atoms with van der Waals surface area (Å²) >= 11 is 3.05. The van der Waals surface area contributed by atoms with Gasteiger partial charge < -0.3 is 29.7 Å². The van der Waals surface area contributed by atoms with E-state index in [-0.39, 0.29) is 47.8 Å². The molecular formula is C50H49N7O6S2. The number of carbonyl (C=O) groups is 3. The van der Waals surface area contributed by atoms with E-state index >= 15 is 0 Å². The number of fused-ring (bicyclic) bond motifs is 2. The number of aromatic nitrogens is 3. The lowest BCUT2D eigenvalue weighted by atomic mass is 9.94. The lowest BCUT2D eigenvalue weighted by Crippen LogP contribution is -2.34. The lowest BCUT2D eigenvalue weighted by Gasteiger charge is -2.32. The minimum Gasteiger partial charge on any atom is -0.489 e. The number of esters is 1. The molecule has 6 aromatic rings. The van der Waals surface area contributed by atoms with Gasteiger partial charge in [0.2, 0.25) is 0 Å². The molecule has 2 N–H and O–H groups in total. The predicted molar refractivity (Wildman–Crippen MR) is 253 cm³/mol. The number of thiazole rings is 1. The average molecular weight is 908 g/mol. The molecule has 2 aromatic heterocycles. The number of benzene rings is 4. The zero-order chi connectivity index (χ0) is 46.0. The number of ether oxygens (including phenoxy) is 3. The molecule has 0 fully saturated rings. The van der Waals surface area contributed by atoms with Crippen LogP contribution in [0.3, 0.4) is 0 Å². The Hall–Kier alpha value is -6.89. The normalized spacial score (nSPS) is 14.4. The number of carbonyl (C=O) groups excluding carboxylic acids is 3. The molecule has 15 heteroatoms. The quantitative estimate of drug-likeness (QED) is 0.122. The van der Waals surface area contributed by atoms with Gasteiger partial charge >= 0.3 is 12.1 Å². The van der Waals surface area contributed by atoms with Crippen LogP contribution in [-0.2, 0) is 29.0 Å². The molecule has 8 rings (SSSR count). The van der Waals surface area contributed by atoms with Crippen molar-refractivity contribution >= 4 is 52.0 Å². The molecule has 65 heavy (non-hydrogen) atoms. The summed E-state index contributed by atoms with van der Waals surface area (Å²) in [4.78, 5) is 51.1. The molecule has 2 aliphatic rings. The van der Waals surface area contributed by atoms with Crippen molar-refractivity contribution in [3.63, 3.8) is 0 Å². The molecule has 1 unspecified atom stereocenters. The number of nitrogen functional groups attached to an aromatic ring is 1. The first-order valence-corrected chi connectivity index (χ1v) is 23.0. The molecule has 4 heterocycles. The van der Waals surface area contributed by atoms with Crippen LogP contribution in [0.4, 0.5) is 15.7 Å². The van der Waals surface area contributed by atoms with Crippen LogP contribution in [0.25, 0.3) is 21.7 Å². The Morgan fingerprint density at radius 3 is 2.42 bits per heavy atom. The number of nitrogens with two attached hydrogens (primary N) is 1. The Balaban J connectivity index is 0.971. The summed E-state index contributed by atoms with van der Waals surface area (Å²) in [5, 5.41) is 15.7. The predicted octanol–water partition coefficient (Wildman–Crippen LogP) is 10.4. The molecule has 0 saturated heterocycles. The van der Waals surface area contributed by atoms with Crippen LogP contribution in [0.1, 0.15) is 95.6 Å². The highest BCUT2D eigenvalue weighted by molar-refractivity contribution is 8.03. The van der Waals surface area contributed by atoms with Crippen LogP contribution >= 0.6 is 23.1 Å². The zero-order valence-electron chi connectivity index (χ0n) is 37.1. The molecule has 0 bridgehead atoms. The van der Waals surface area contributed by atoms with Crippen molar-refractivity contribution in [3.8, 4) is 33.5 Å². The Kier molecular flexibility index (Phi) is 12.8. The highest BCUT2D eigenvalue weighted by atomic mass is 32.2. The number of hydrogen-bond acceptors (Lipinski definition) is 13. The zero-order valence-corrected chi connectivity index (χ0v) is 38.7. The maximum absolute atomic E-state index is 14.3. The number of amides is 1. The minimum absolute atomic E-state index is 0.0609. The van der Waals surface area contributed by atoms with Crippen LogP contribution in [0.15, 0.2) is 107 Å². The van der Waals surface area contributed by atoms with Crippen LogP contribution < -0.4 is 15.4 Å². The van der Waals surface area contributed by atoms with Crippen molar-refractivity contribution < 1.29 is 28.6 Å². The number of rotatable bonds is 11.